The van der Waals surface area contributed by atoms with Crippen LogP contribution in [0.15, 0.2) is 36.7 Å². The summed E-state index contributed by atoms with van der Waals surface area (Å²) in [5, 5.41) is 3.27. The van der Waals surface area contributed by atoms with Gasteiger partial charge in [-0.15, -0.1) is 0 Å². The van der Waals surface area contributed by atoms with Crippen molar-refractivity contribution in [2.24, 2.45) is 0 Å². The molecule has 0 saturated carbocycles. The molecule has 2 rings (SSSR count). The third-order valence-electron chi connectivity index (χ3n) is 3.20. The van der Waals surface area contributed by atoms with Crippen LogP contribution in [0.2, 0.25) is 0 Å². The van der Waals surface area contributed by atoms with Gasteiger partial charge in [0.2, 0.25) is 0 Å². The molecule has 0 fully saturated rings. The van der Waals surface area contributed by atoms with Crippen LogP contribution in [0.4, 0.5) is 11.6 Å². The Morgan fingerprint density at radius 2 is 2.05 bits per heavy atom. The first-order valence-corrected chi connectivity index (χ1v) is 7.13. The van der Waals surface area contributed by atoms with E-state index in [9.17, 15) is 0 Å². The summed E-state index contributed by atoms with van der Waals surface area (Å²) in [6.07, 6.45) is 2.66. The van der Waals surface area contributed by atoms with Crippen molar-refractivity contribution in [3.05, 3.63) is 42.2 Å². The number of nitrogens with zero attached hydrogens (tertiary/aromatic N) is 3. The summed E-state index contributed by atoms with van der Waals surface area (Å²) in [7, 11) is 3.70. The Morgan fingerprint density at radius 3 is 2.81 bits per heavy atom. The summed E-state index contributed by atoms with van der Waals surface area (Å²) in [4.78, 5) is 10.6. The van der Waals surface area contributed by atoms with Gasteiger partial charge in [0.15, 0.2) is 0 Å². The van der Waals surface area contributed by atoms with Crippen molar-refractivity contribution >= 4 is 11.6 Å². The number of para-hydroxylation sites is 1. The minimum Gasteiger partial charge on any atom is -0.496 e. The minimum absolute atomic E-state index is 0.730. The van der Waals surface area contributed by atoms with Crippen molar-refractivity contribution < 1.29 is 4.74 Å². The number of nitrogens with one attached hydrogen (secondary N) is 1. The van der Waals surface area contributed by atoms with Crippen molar-refractivity contribution in [2.75, 3.05) is 30.9 Å². The van der Waals surface area contributed by atoms with Crippen LogP contribution in [0.25, 0.3) is 0 Å². The van der Waals surface area contributed by atoms with Gasteiger partial charge in [-0.05, 0) is 12.5 Å². The number of benzene rings is 1. The zero-order chi connectivity index (χ0) is 15.1. The molecular weight excluding hydrogens is 264 g/mol. The highest BCUT2D eigenvalue weighted by atomic mass is 16.5. The molecule has 0 aliphatic rings. The monoisotopic (exact) mass is 286 g/mol. The van der Waals surface area contributed by atoms with E-state index in [2.05, 4.69) is 33.2 Å². The molecule has 0 bridgehead atoms. The Balaban J connectivity index is 2.10. The summed E-state index contributed by atoms with van der Waals surface area (Å²) in [6.45, 7) is 3.77. The summed E-state index contributed by atoms with van der Waals surface area (Å²) >= 11 is 0. The second kappa shape index (κ2) is 7.47. The Bertz CT molecular complexity index is 574. The first-order chi connectivity index (χ1) is 10.2. The predicted octanol–water partition coefficient (Wildman–Crippen LogP) is 2.94. The molecule has 0 saturated heterocycles. The fourth-order valence-corrected chi connectivity index (χ4v) is 2.08. The zero-order valence-corrected chi connectivity index (χ0v) is 12.8. The number of hydrogen-bond donors (Lipinski definition) is 1. The largest absolute Gasteiger partial charge is 0.496 e. The van der Waals surface area contributed by atoms with Crippen molar-refractivity contribution in [1.29, 1.82) is 0 Å². The molecule has 21 heavy (non-hydrogen) atoms. The SMILES string of the molecule is CCCNc1cc(N(C)Cc2ccccc2OC)ncn1. The molecule has 5 nitrogen and oxygen atoms in total. The summed E-state index contributed by atoms with van der Waals surface area (Å²) in [5.74, 6) is 2.63. The van der Waals surface area contributed by atoms with Crippen molar-refractivity contribution in [1.82, 2.24) is 9.97 Å². The van der Waals surface area contributed by atoms with E-state index in [1.807, 2.05) is 31.3 Å². The number of ether oxygens (including phenoxy) is 1. The lowest BCUT2D eigenvalue weighted by molar-refractivity contribution is 0.409. The maximum absolute atomic E-state index is 5.39. The summed E-state index contributed by atoms with van der Waals surface area (Å²) < 4.78 is 5.39. The van der Waals surface area contributed by atoms with E-state index in [4.69, 9.17) is 4.74 Å². The van der Waals surface area contributed by atoms with Crippen LogP contribution in [0, 0.1) is 0 Å². The molecule has 0 atom stereocenters. The van der Waals surface area contributed by atoms with Crippen LogP contribution in [0.5, 0.6) is 5.75 Å². The molecule has 0 aliphatic carbocycles. The highest BCUT2D eigenvalue weighted by molar-refractivity contribution is 5.49. The molecule has 0 radical (unpaired) electrons. The highest BCUT2D eigenvalue weighted by Crippen LogP contribution is 2.21. The second-order valence-corrected chi connectivity index (χ2v) is 4.86. The molecular formula is C16H22N4O. The van der Waals surface area contributed by atoms with Gasteiger partial charge in [0.1, 0.15) is 23.7 Å². The van der Waals surface area contributed by atoms with Gasteiger partial charge >= 0.3 is 0 Å². The molecule has 2 aromatic rings. The van der Waals surface area contributed by atoms with Crippen LogP contribution in [0.3, 0.4) is 0 Å². The number of aromatic nitrogens is 2. The van der Waals surface area contributed by atoms with E-state index < -0.39 is 0 Å². The normalized spacial score (nSPS) is 10.2. The van der Waals surface area contributed by atoms with E-state index in [-0.39, 0.29) is 0 Å². The Hall–Kier alpha value is -2.30. The Kier molecular flexibility index (Phi) is 5.37. The summed E-state index contributed by atoms with van der Waals surface area (Å²) in [5.41, 5.74) is 1.13. The van der Waals surface area contributed by atoms with Gasteiger partial charge in [-0.1, -0.05) is 25.1 Å². The van der Waals surface area contributed by atoms with Gasteiger partial charge < -0.3 is 15.0 Å². The third kappa shape index (κ3) is 4.08. The van der Waals surface area contributed by atoms with Crippen molar-refractivity contribution in [3.8, 4) is 5.75 Å². The highest BCUT2D eigenvalue weighted by Gasteiger charge is 2.08. The van der Waals surface area contributed by atoms with E-state index in [0.717, 1.165) is 42.5 Å². The molecule has 1 heterocycles. The lowest BCUT2D eigenvalue weighted by atomic mass is 10.2. The van der Waals surface area contributed by atoms with Gasteiger partial charge in [0.25, 0.3) is 0 Å². The molecule has 1 aromatic carbocycles. The lowest BCUT2D eigenvalue weighted by Crippen LogP contribution is -2.18. The summed E-state index contributed by atoms with van der Waals surface area (Å²) in [6, 6.07) is 9.98. The quantitative estimate of drug-likeness (QED) is 0.848. The molecule has 0 amide bonds. The molecule has 112 valence electrons. The van der Waals surface area contributed by atoms with Crippen LogP contribution in [-0.4, -0.2) is 30.7 Å². The van der Waals surface area contributed by atoms with Gasteiger partial charge in [0.05, 0.1) is 7.11 Å². The smallest absolute Gasteiger partial charge is 0.134 e. The average molecular weight is 286 g/mol. The number of rotatable bonds is 7. The van der Waals surface area contributed by atoms with E-state index in [1.54, 1.807) is 13.4 Å². The van der Waals surface area contributed by atoms with E-state index in [0.29, 0.717) is 0 Å². The standard InChI is InChI=1S/C16H22N4O/c1-4-9-17-15-10-16(19-12-18-15)20(2)11-13-7-5-6-8-14(13)21-3/h5-8,10,12H,4,9,11H2,1-3H3,(H,17,18,19). The maximum atomic E-state index is 5.39. The third-order valence-corrected chi connectivity index (χ3v) is 3.20. The number of hydrogen-bond acceptors (Lipinski definition) is 5. The lowest BCUT2D eigenvalue weighted by Gasteiger charge is -2.20. The van der Waals surface area contributed by atoms with Gasteiger partial charge in [-0.25, -0.2) is 9.97 Å². The fourth-order valence-electron chi connectivity index (χ4n) is 2.08. The van der Waals surface area contributed by atoms with Crippen molar-refractivity contribution in [2.45, 2.75) is 19.9 Å². The van der Waals surface area contributed by atoms with Crippen molar-refractivity contribution in [3.63, 3.8) is 0 Å². The molecule has 0 aliphatic heterocycles. The molecule has 0 unspecified atom stereocenters. The fraction of sp³-hybridized carbons (Fsp3) is 0.375. The molecule has 1 aromatic heterocycles. The first kappa shape index (κ1) is 15.1. The van der Waals surface area contributed by atoms with Gasteiger partial charge in [0, 0.05) is 31.8 Å². The first-order valence-electron chi connectivity index (χ1n) is 7.13. The van der Waals surface area contributed by atoms with Gasteiger partial charge in [-0.2, -0.15) is 0 Å². The van der Waals surface area contributed by atoms with Crippen LogP contribution < -0.4 is 15.0 Å². The zero-order valence-electron chi connectivity index (χ0n) is 12.8. The molecule has 5 heteroatoms. The van der Waals surface area contributed by atoms with Gasteiger partial charge in [-0.3, -0.25) is 0 Å². The van der Waals surface area contributed by atoms with E-state index >= 15 is 0 Å². The predicted molar refractivity (Wildman–Crippen MR) is 85.9 cm³/mol. The van der Waals surface area contributed by atoms with Crippen LogP contribution in [0.1, 0.15) is 18.9 Å². The number of anilines is 2. The topological polar surface area (TPSA) is 50.3 Å². The van der Waals surface area contributed by atoms with E-state index in [1.165, 1.54) is 0 Å². The Morgan fingerprint density at radius 1 is 1.24 bits per heavy atom. The molecule has 1 N–H and O–H groups in total. The minimum atomic E-state index is 0.730. The maximum Gasteiger partial charge on any atom is 0.134 e. The Labute approximate surface area is 126 Å². The average Bonchev–Trinajstić information content (AvgIpc) is 2.53. The number of methoxy groups -OCH3 is 1. The second-order valence-electron chi connectivity index (χ2n) is 4.86. The van der Waals surface area contributed by atoms with Crippen LogP contribution >= 0.6 is 0 Å². The van der Waals surface area contributed by atoms with Crippen LogP contribution in [-0.2, 0) is 6.54 Å². The molecule has 0 spiro atoms.